The Bertz CT molecular complexity index is 973. The summed E-state index contributed by atoms with van der Waals surface area (Å²) >= 11 is 0. The molecule has 3 aliphatic rings. The van der Waals surface area contributed by atoms with Crippen molar-refractivity contribution in [1.29, 1.82) is 0 Å². The van der Waals surface area contributed by atoms with Crippen molar-refractivity contribution in [2.24, 2.45) is 0 Å². The summed E-state index contributed by atoms with van der Waals surface area (Å²) in [7, 11) is 2.16. The van der Waals surface area contributed by atoms with E-state index >= 15 is 0 Å². The van der Waals surface area contributed by atoms with E-state index < -0.39 is 5.72 Å². The minimum atomic E-state index is -0.745. The predicted octanol–water partition coefficient (Wildman–Crippen LogP) is 2.28. The van der Waals surface area contributed by atoms with Crippen molar-refractivity contribution in [2.45, 2.75) is 62.9 Å². The average molecular weight is 439 g/mol. The summed E-state index contributed by atoms with van der Waals surface area (Å²) < 4.78 is 0. The Hall–Kier alpha value is -2.42. The van der Waals surface area contributed by atoms with Gasteiger partial charge in [0, 0.05) is 43.2 Å². The maximum Gasteiger partial charge on any atom is 0.169 e. The molecule has 5 rings (SSSR count). The highest BCUT2D eigenvalue weighted by atomic mass is 16.3. The third-order valence-corrected chi connectivity index (χ3v) is 7.75. The molecular weight excluding hydrogens is 404 g/mol. The van der Waals surface area contributed by atoms with Gasteiger partial charge in [-0.15, -0.1) is 10.2 Å². The third kappa shape index (κ3) is 3.70. The molecule has 4 heterocycles. The second-order valence-corrected chi connectivity index (χ2v) is 9.83. The van der Waals surface area contributed by atoms with Crippen molar-refractivity contribution < 1.29 is 10.2 Å². The molecule has 0 spiro atoms. The molecule has 3 fully saturated rings. The van der Waals surface area contributed by atoms with Crippen LogP contribution < -0.4 is 10.6 Å². The summed E-state index contributed by atoms with van der Waals surface area (Å²) in [4.78, 5) is 7.08. The van der Waals surface area contributed by atoms with Crippen LogP contribution in [0.2, 0.25) is 0 Å². The Morgan fingerprint density at radius 2 is 1.84 bits per heavy atom. The summed E-state index contributed by atoms with van der Waals surface area (Å²) in [5.74, 6) is 0.581. The van der Waals surface area contributed by atoms with Crippen molar-refractivity contribution in [3.05, 3.63) is 30.3 Å². The molecule has 8 heteroatoms. The molecule has 3 saturated heterocycles. The number of phenols is 1. The molecule has 2 bridgehead atoms. The summed E-state index contributed by atoms with van der Waals surface area (Å²) in [5, 5.41) is 30.5. The first-order valence-electron chi connectivity index (χ1n) is 11.7. The molecular formula is C24H34N6O2. The molecule has 8 nitrogen and oxygen atoms in total. The van der Waals surface area contributed by atoms with Crippen LogP contribution in [0.3, 0.4) is 0 Å². The molecule has 172 valence electrons. The maximum absolute atomic E-state index is 11.8. The van der Waals surface area contributed by atoms with Crippen LogP contribution in [0.1, 0.15) is 39.0 Å². The van der Waals surface area contributed by atoms with Gasteiger partial charge in [-0.3, -0.25) is 4.90 Å². The van der Waals surface area contributed by atoms with Gasteiger partial charge in [-0.1, -0.05) is 12.1 Å². The van der Waals surface area contributed by atoms with Crippen molar-refractivity contribution in [1.82, 2.24) is 20.0 Å². The first-order valence-corrected chi connectivity index (χ1v) is 11.7. The van der Waals surface area contributed by atoms with Gasteiger partial charge in [0.25, 0.3) is 0 Å². The van der Waals surface area contributed by atoms with E-state index in [4.69, 9.17) is 5.73 Å². The lowest BCUT2D eigenvalue weighted by Gasteiger charge is -2.50. The fourth-order valence-corrected chi connectivity index (χ4v) is 6.04. The number of hydrogen-bond donors (Lipinski definition) is 3. The van der Waals surface area contributed by atoms with E-state index in [1.807, 2.05) is 18.2 Å². The Labute approximate surface area is 189 Å². The standard InChI is InChI=1S/C24H34N6O2/c1-16-13-24(32,10-5-11-28(16)2)30-17-8-9-18(30)15-29(14-17)21-12-20(26-27-23(21)25)19-6-3-4-7-22(19)31/h3-4,6-7,12,16-18,31-32H,5,8-11,13-15H2,1-2H3,(H2,25,27). The van der Waals surface area contributed by atoms with Crippen LogP contribution in [0.25, 0.3) is 11.3 Å². The summed E-state index contributed by atoms with van der Waals surface area (Å²) in [6, 6.07) is 10.0. The van der Waals surface area contributed by atoms with Gasteiger partial charge >= 0.3 is 0 Å². The number of para-hydroxylation sites is 1. The minimum absolute atomic E-state index is 0.178. The quantitative estimate of drug-likeness (QED) is 0.671. The lowest BCUT2D eigenvalue weighted by molar-refractivity contribution is -0.149. The zero-order valence-corrected chi connectivity index (χ0v) is 19.0. The minimum Gasteiger partial charge on any atom is -0.507 e. The van der Waals surface area contributed by atoms with E-state index in [0.29, 0.717) is 23.1 Å². The fraction of sp³-hybridized carbons (Fsp3) is 0.583. The van der Waals surface area contributed by atoms with Gasteiger partial charge in [-0.25, -0.2) is 0 Å². The van der Waals surface area contributed by atoms with Gasteiger partial charge in [0.05, 0.1) is 11.4 Å². The highest BCUT2D eigenvalue weighted by molar-refractivity contribution is 5.74. The normalized spacial score (nSPS) is 31.6. The van der Waals surface area contributed by atoms with E-state index in [9.17, 15) is 10.2 Å². The van der Waals surface area contributed by atoms with Gasteiger partial charge in [-0.2, -0.15) is 0 Å². The maximum atomic E-state index is 11.8. The lowest BCUT2D eigenvalue weighted by atomic mass is 9.95. The second kappa shape index (κ2) is 8.17. The first-order chi connectivity index (χ1) is 15.4. The Morgan fingerprint density at radius 1 is 1.12 bits per heavy atom. The number of anilines is 2. The zero-order valence-electron chi connectivity index (χ0n) is 19.0. The van der Waals surface area contributed by atoms with E-state index in [2.05, 4.69) is 38.9 Å². The SMILES string of the molecule is CC1CC(O)(N2C3CCC2CN(c2cc(-c4ccccc4O)nnc2N)C3)CCCN1C. The van der Waals surface area contributed by atoms with E-state index in [-0.39, 0.29) is 17.8 Å². The first kappa shape index (κ1) is 21.4. The predicted molar refractivity (Wildman–Crippen MR) is 125 cm³/mol. The molecule has 4 N–H and O–H groups in total. The molecule has 0 aliphatic carbocycles. The van der Waals surface area contributed by atoms with Crippen molar-refractivity contribution in [3.8, 4) is 17.0 Å². The van der Waals surface area contributed by atoms with Crippen molar-refractivity contribution in [2.75, 3.05) is 37.3 Å². The summed E-state index contributed by atoms with van der Waals surface area (Å²) in [6.07, 6.45) is 4.79. The molecule has 32 heavy (non-hydrogen) atoms. The number of aliphatic hydroxyl groups is 1. The number of likely N-dealkylation sites (tertiary alicyclic amines) is 1. The summed E-state index contributed by atoms with van der Waals surface area (Å²) in [5.41, 5.74) is 7.63. The largest absolute Gasteiger partial charge is 0.507 e. The molecule has 4 atom stereocenters. The van der Waals surface area contributed by atoms with Crippen LogP contribution in [-0.2, 0) is 0 Å². The molecule has 3 aliphatic heterocycles. The number of nitrogens with two attached hydrogens (primary N) is 1. The molecule has 2 aromatic rings. The Morgan fingerprint density at radius 3 is 2.56 bits per heavy atom. The fourth-order valence-electron chi connectivity index (χ4n) is 6.04. The zero-order chi connectivity index (χ0) is 22.5. The molecule has 1 aromatic heterocycles. The van der Waals surface area contributed by atoms with Crippen molar-refractivity contribution in [3.63, 3.8) is 0 Å². The number of nitrogen functional groups attached to an aromatic ring is 1. The lowest BCUT2D eigenvalue weighted by Crippen LogP contribution is -2.63. The smallest absolute Gasteiger partial charge is 0.169 e. The summed E-state index contributed by atoms with van der Waals surface area (Å²) in [6.45, 7) is 4.86. The number of benzene rings is 1. The van der Waals surface area contributed by atoms with Crippen LogP contribution in [-0.4, -0.2) is 80.7 Å². The van der Waals surface area contributed by atoms with Crippen LogP contribution in [0.5, 0.6) is 5.75 Å². The number of aromatic hydroxyl groups is 1. The van der Waals surface area contributed by atoms with Crippen LogP contribution in [0.4, 0.5) is 11.5 Å². The number of phenolic OH excluding ortho intramolecular Hbond substituents is 1. The number of rotatable bonds is 3. The number of hydrogen-bond acceptors (Lipinski definition) is 8. The van der Waals surface area contributed by atoms with Gasteiger partial charge < -0.3 is 25.7 Å². The van der Waals surface area contributed by atoms with Gasteiger partial charge in [0.15, 0.2) is 5.82 Å². The Balaban J connectivity index is 1.40. The highest BCUT2D eigenvalue weighted by Gasteiger charge is 2.51. The van der Waals surface area contributed by atoms with Crippen LogP contribution >= 0.6 is 0 Å². The van der Waals surface area contributed by atoms with E-state index in [1.54, 1.807) is 12.1 Å². The molecule has 1 aromatic carbocycles. The van der Waals surface area contributed by atoms with E-state index in [1.165, 1.54) is 0 Å². The van der Waals surface area contributed by atoms with Crippen LogP contribution in [0.15, 0.2) is 30.3 Å². The molecule has 4 unspecified atom stereocenters. The van der Waals surface area contributed by atoms with Gasteiger partial charge in [0.1, 0.15) is 11.5 Å². The monoisotopic (exact) mass is 438 g/mol. The molecule has 0 saturated carbocycles. The van der Waals surface area contributed by atoms with Gasteiger partial charge in [-0.05, 0) is 64.4 Å². The third-order valence-electron chi connectivity index (χ3n) is 7.75. The number of aromatic nitrogens is 2. The number of fused-ring (bicyclic) bond motifs is 2. The van der Waals surface area contributed by atoms with Crippen LogP contribution in [0, 0.1) is 0 Å². The van der Waals surface area contributed by atoms with E-state index in [0.717, 1.165) is 57.4 Å². The molecule has 0 amide bonds. The second-order valence-electron chi connectivity index (χ2n) is 9.83. The average Bonchev–Trinajstić information content (AvgIpc) is 2.97. The van der Waals surface area contributed by atoms with Crippen molar-refractivity contribution >= 4 is 11.5 Å². The highest BCUT2D eigenvalue weighted by Crippen LogP contribution is 2.42. The topological polar surface area (TPSA) is 102 Å². The number of nitrogens with zero attached hydrogens (tertiary/aromatic N) is 5. The Kier molecular flexibility index (Phi) is 5.47. The molecule has 0 radical (unpaired) electrons. The van der Waals surface area contributed by atoms with Gasteiger partial charge in [0.2, 0.25) is 0 Å². The number of piperazine rings is 1.